The zero-order valence-electron chi connectivity index (χ0n) is 15.2. The highest BCUT2D eigenvalue weighted by Gasteiger charge is 2.35. The summed E-state index contributed by atoms with van der Waals surface area (Å²) in [6.07, 6.45) is 9.08. The van der Waals surface area contributed by atoms with Crippen LogP contribution in [0.15, 0.2) is 54.6 Å². The van der Waals surface area contributed by atoms with Crippen LogP contribution in [0.3, 0.4) is 0 Å². The summed E-state index contributed by atoms with van der Waals surface area (Å²) in [7, 11) is 0. The maximum atomic E-state index is 9.42. The molecule has 1 aliphatic carbocycles. The van der Waals surface area contributed by atoms with Gasteiger partial charge in [0.25, 0.3) is 0 Å². The van der Waals surface area contributed by atoms with Gasteiger partial charge in [0.1, 0.15) is 0 Å². The molecule has 0 spiro atoms. The average molecular weight is 338 g/mol. The van der Waals surface area contributed by atoms with Crippen molar-refractivity contribution in [2.24, 2.45) is 5.73 Å². The predicted octanol–water partition coefficient (Wildman–Crippen LogP) is 4.60. The van der Waals surface area contributed by atoms with Crippen molar-refractivity contribution >= 4 is 0 Å². The molecule has 0 aromatic heterocycles. The van der Waals surface area contributed by atoms with Crippen LogP contribution in [0, 0.1) is 0 Å². The number of unbranched alkanes of at least 4 members (excludes halogenated alkanes) is 2. The van der Waals surface area contributed by atoms with E-state index < -0.39 is 0 Å². The maximum Gasteiger partial charge on any atom is 0.0611 e. The summed E-state index contributed by atoms with van der Waals surface area (Å²) in [5.41, 5.74) is 10.1. The van der Waals surface area contributed by atoms with Crippen LogP contribution in [0.2, 0.25) is 0 Å². The number of aryl methyl sites for hydroxylation is 2. The Labute approximate surface area is 152 Å². The van der Waals surface area contributed by atoms with E-state index in [1.807, 2.05) is 0 Å². The van der Waals surface area contributed by atoms with E-state index in [0.29, 0.717) is 5.92 Å². The van der Waals surface area contributed by atoms with E-state index in [4.69, 9.17) is 5.73 Å². The fraction of sp³-hybridized carbons (Fsp3) is 0.478. The van der Waals surface area contributed by atoms with Gasteiger partial charge in [0.15, 0.2) is 0 Å². The summed E-state index contributed by atoms with van der Waals surface area (Å²) in [4.78, 5) is 0. The van der Waals surface area contributed by atoms with Gasteiger partial charge in [-0.3, -0.25) is 0 Å². The molecule has 2 aromatic carbocycles. The first-order valence-corrected chi connectivity index (χ1v) is 9.71. The van der Waals surface area contributed by atoms with Crippen LogP contribution < -0.4 is 5.73 Å². The van der Waals surface area contributed by atoms with Gasteiger partial charge < -0.3 is 10.8 Å². The van der Waals surface area contributed by atoms with Crippen molar-refractivity contribution in [3.8, 4) is 0 Å². The van der Waals surface area contributed by atoms with Crippen molar-refractivity contribution in [3.63, 3.8) is 0 Å². The Balaban J connectivity index is 1.39. The summed E-state index contributed by atoms with van der Waals surface area (Å²) < 4.78 is 0. The lowest BCUT2D eigenvalue weighted by Crippen LogP contribution is -2.40. The quantitative estimate of drug-likeness (QED) is 0.692. The summed E-state index contributed by atoms with van der Waals surface area (Å²) in [6, 6.07) is 19.9. The molecule has 134 valence electrons. The highest BCUT2D eigenvalue weighted by atomic mass is 16.3. The molecule has 1 fully saturated rings. The lowest BCUT2D eigenvalue weighted by molar-refractivity contribution is 0.198. The molecule has 0 amide bonds. The van der Waals surface area contributed by atoms with E-state index in [0.717, 1.165) is 25.7 Å². The smallest absolute Gasteiger partial charge is 0.0611 e. The number of nitrogens with two attached hydrogens (primary N) is 1. The average Bonchev–Trinajstić information content (AvgIpc) is 3.06. The number of aliphatic hydroxyl groups excluding tert-OH is 1. The van der Waals surface area contributed by atoms with E-state index in [-0.39, 0.29) is 12.1 Å². The highest BCUT2D eigenvalue weighted by Crippen LogP contribution is 2.39. The van der Waals surface area contributed by atoms with E-state index in [9.17, 15) is 5.11 Å². The third-order valence-corrected chi connectivity index (χ3v) is 5.68. The van der Waals surface area contributed by atoms with Crippen LogP contribution in [-0.2, 0) is 12.8 Å². The van der Waals surface area contributed by atoms with E-state index in [1.54, 1.807) is 0 Å². The molecule has 2 aromatic rings. The molecule has 0 bridgehead atoms. The van der Waals surface area contributed by atoms with Crippen LogP contribution in [0.5, 0.6) is 0 Å². The normalized spacial score (nSPS) is 23.0. The van der Waals surface area contributed by atoms with Gasteiger partial charge in [-0.25, -0.2) is 0 Å². The summed E-state index contributed by atoms with van der Waals surface area (Å²) in [5.74, 6) is 0.511. The Morgan fingerprint density at radius 3 is 2.12 bits per heavy atom. The van der Waals surface area contributed by atoms with E-state index in [2.05, 4.69) is 54.6 Å². The molecule has 0 aliphatic heterocycles. The van der Waals surface area contributed by atoms with Gasteiger partial charge in [0.2, 0.25) is 0 Å². The van der Waals surface area contributed by atoms with Gasteiger partial charge in [0.05, 0.1) is 6.61 Å². The maximum absolute atomic E-state index is 9.42. The summed E-state index contributed by atoms with van der Waals surface area (Å²) in [5, 5.41) is 9.42. The van der Waals surface area contributed by atoms with Crippen molar-refractivity contribution < 1.29 is 5.11 Å². The van der Waals surface area contributed by atoms with Gasteiger partial charge in [0, 0.05) is 5.54 Å². The van der Waals surface area contributed by atoms with Crippen molar-refractivity contribution in [2.75, 3.05) is 6.61 Å². The minimum atomic E-state index is -0.359. The molecule has 2 heteroatoms. The second-order valence-electron chi connectivity index (χ2n) is 7.75. The van der Waals surface area contributed by atoms with E-state index in [1.165, 1.54) is 42.4 Å². The molecule has 0 saturated heterocycles. The number of hydrogen-bond acceptors (Lipinski definition) is 2. The van der Waals surface area contributed by atoms with Crippen LogP contribution in [0.4, 0.5) is 0 Å². The Kier molecular flexibility index (Phi) is 6.28. The first kappa shape index (κ1) is 18.2. The number of benzene rings is 2. The molecule has 0 radical (unpaired) electrons. The van der Waals surface area contributed by atoms with Crippen LogP contribution in [-0.4, -0.2) is 17.3 Å². The van der Waals surface area contributed by atoms with Gasteiger partial charge in [-0.1, -0.05) is 61.0 Å². The molecule has 2 nitrogen and oxygen atoms in total. The molecule has 3 rings (SSSR count). The fourth-order valence-corrected chi connectivity index (χ4v) is 4.02. The second-order valence-corrected chi connectivity index (χ2v) is 7.75. The lowest BCUT2D eigenvalue weighted by Gasteiger charge is -2.21. The fourth-order valence-electron chi connectivity index (χ4n) is 4.02. The number of rotatable bonds is 8. The molecule has 2 atom stereocenters. The van der Waals surface area contributed by atoms with Gasteiger partial charge in [-0.05, 0) is 67.6 Å². The Morgan fingerprint density at radius 1 is 0.880 bits per heavy atom. The topological polar surface area (TPSA) is 46.2 Å². The SMILES string of the molecule is N[C@]1(CO)CC[C@@H](c2ccc(CCCCCc3ccccc3)cc2)C1. The standard InChI is InChI=1S/C23H31NO/c24-23(18-25)16-15-22(17-23)21-13-11-20(12-14-21)10-6-2-5-9-19-7-3-1-4-8-19/h1,3-4,7-8,11-14,22,25H,2,5-6,9-10,15-18,24H2/t22-,23-/m1/s1. The molecule has 0 heterocycles. The Bertz CT molecular complexity index is 637. The Hall–Kier alpha value is -1.64. The number of aliphatic hydroxyl groups is 1. The monoisotopic (exact) mass is 337 g/mol. The molecule has 0 unspecified atom stereocenters. The van der Waals surface area contributed by atoms with Crippen molar-refractivity contribution in [1.29, 1.82) is 0 Å². The van der Waals surface area contributed by atoms with Crippen LogP contribution in [0.25, 0.3) is 0 Å². The zero-order valence-corrected chi connectivity index (χ0v) is 15.2. The first-order valence-electron chi connectivity index (χ1n) is 9.71. The molecule has 3 N–H and O–H groups in total. The van der Waals surface area contributed by atoms with Crippen molar-refractivity contribution in [2.45, 2.75) is 62.8 Å². The second kappa shape index (κ2) is 8.64. The molecular weight excluding hydrogens is 306 g/mol. The summed E-state index contributed by atoms with van der Waals surface area (Å²) in [6.45, 7) is 0.102. The highest BCUT2D eigenvalue weighted by molar-refractivity contribution is 5.27. The molecule has 1 aliphatic rings. The number of hydrogen-bond donors (Lipinski definition) is 2. The minimum absolute atomic E-state index is 0.102. The lowest BCUT2D eigenvalue weighted by atomic mass is 9.92. The Morgan fingerprint density at radius 2 is 1.52 bits per heavy atom. The van der Waals surface area contributed by atoms with Crippen LogP contribution >= 0.6 is 0 Å². The molecular formula is C23H31NO. The third kappa shape index (κ3) is 5.17. The van der Waals surface area contributed by atoms with Gasteiger partial charge in [-0.15, -0.1) is 0 Å². The largest absolute Gasteiger partial charge is 0.394 e. The van der Waals surface area contributed by atoms with Gasteiger partial charge >= 0.3 is 0 Å². The molecule has 25 heavy (non-hydrogen) atoms. The van der Waals surface area contributed by atoms with Gasteiger partial charge in [-0.2, -0.15) is 0 Å². The molecule has 1 saturated carbocycles. The van der Waals surface area contributed by atoms with E-state index >= 15 is 0 Å². The first-order chi connectivity index (χ1) is 12.2. The van der Waals surface area contributed by atoms with Crippen LogP contribution in [0.1, 0.15) is 61.1 Å². The summed E-state index contributed by atoms with van der Waals surface area (Å²) >= 11 is 0. The zero-order chi connectivity index (χ0) is 17.5. The minimum Gasteiger partial charge on any atom is -0.394 e. The third-order valence-electron chi connectivity index (χ3n) is 5.68. The van der Waals surface area contributed by atoms with Crippen molar-refractivity contribution in [1.82, 2.24) is 0 Å². The van der Waals surface area contributed by atoms with Crippen molar-refractivity contribution in [3.05, 3.63) is 71.3 Å². The predicted molar refractivity (Wildman–Crippen MR) is 105 cm³/mol.